The fourth-order valence-corrected chi connectivity index (χ4v) is 3.20. The van der Waals surface area contributed by atoms with Gasteiger partial charge in [-0.05, 0) is 50.6 Å². The average molecular weight is 467 g/mol. The van der Waals surface area contributed by atoms with Crippen LogP contribution in [0.4, 0.5) is 4.39 Å². The molecule has 3 rings (SSSR count). The summed E-state index contributed by atoms with van der Waals surface area (Å²) in [5.41, 5.74) is 0.716. The van der Waals surface area contributed by atoms with Crippen LogP contribution in [0, 0.1) is 11.7 Å². The second kappa shape index (κ2) is 11.9. The van der Waals surface area contributed by atoms with Crippen molar-refractivity contribution in [2.45, 2.75) is 32.2 Å². The van der Waals surface area contributed by atoms with E-state index in [0.717, 1.165) is 0 Å². The molecule has 0 radical (unpaired) electrons. The number of hydrogen-bond acceptors (Lipinski definition) is 5. The Morgan fingerprint density at radius 1 is 1.09 bits per heavy atom. The first-order valence-corrected chi connectivity index (χ1v) is 10.5. The van der Waals surface area contributed by atoms with Crippen molar-refractivity contribution in [2.75, 3.05) is 19.7 Å². The quantitative estimate of drug-likeness (QED) is 0.490. The van der Waals surface area contributed by atoms with E-state index in [-0.39, 0.29) is 29.4 Å². The molecule has 0 spiro atoms. The van der Waals surface area contributed by atoms with Gasteiger partial charge in [0.15, 0.2) is 5.79 Å². The summed E-state index contributed by atoms with van der Waals surface area (Å²) in [6, 6.07) is 12.4. The van der Waals surface area contributed by atoms with Gasteiger partial charge in [0.25, 0.3) is 11.8 Å². The number of halogens is 2. The molecule has 0 aromatic heterocycles. The first-order chi connectivity index (χ1) is 15.0. The number of amides is 2. The van der Waals surface area contributed by atoms with Crippen LogP contribution in [0.3, 0.4) is 0 Å². The Morgan fingerprint density at radius 3 is 2.41 bits per heavy atom. The summed E-state index contributed by atoms with van der Waals surface area (Å²) in [6.45, 7) is 3.90. The Morgan fingerprint density at radius 2 is 1.75 bits per heavy atom. The van der Waals surface area contributed by atoms with E-state index >= 15 is 0 Å². The molecule has 2 aromatic rings. The molecule has 7 nitrogen and oxygen atoms in total. The molecule has 0 saturated carbocycles. The van der Waals surface area contributed by atoms with E-state index in [1.165, 1.54) is 32.0 Å². The number of benzene rings is 2. The lowest BCUT2D eigenvalue weighted by Crippen LogP contribution is -2.32. The molecule has 2 aromatic carbocycles. The zero-order valence-corrected chi connectivity index (χ0v) is 18.7. The number of ether oxygens (including phenoxy) is 1. The highest BCUT2D eigenvalue weighted by Gasteiger charge is 2.26. The second-order valence-corrected chi connectivity index (χ2v) is 8.37. The van der Waals surface area contributed by atoms with E-state index in [0.29, 0.717) is 36.7 Å². The van der Waals surface area contributed by atoms with Crippen molar-refractivity contribution in [1.82, 2.24) is 10.6 Å². The molecule has 4 N–H and O–H groups in total. The molecule has 1 fully saturated rings. The molecule has 1 heterocycles. The largest absolute Gasteiger partial charge is 0.376 e. The van der Waals surface area contributed by atoms with E-state index in [4.69, 9.17) is 26.6 Å². The molecule has 174 valence electrons. The average Bonchev–Trinajstić information content (AvgIpc) is 3.17. The van der Waals surface area contributed by atoms with Crippen LogP contribution < -0.4 is 10.6 Å². The molecule has 0 bridgehead atoms. The van der Waals surface area contributed by atoms with Gasteiger partial charge in [-0.1, -0.05) is 29.8 Å². The number of nitrogens with one attached hydrogen (secondary N) is 2. The molecule has 1 aliphatic heterocycles. The molecule has 1 saturated heterocycles. The summed E-state index contributed by atoms with van der Waals surface area (Å²) in [5.74, 6) is -2.36. The van der Waals surface area contributed by atoms with Gasteiger partial charge in [-0.3, -0.25) is 9.59 Å². The van der Waals surface area contributed by atoms with Crippen molar-refractivity contribution < 1.29 is 28.9 Å². The highest BCUT2D eigenvalue weighted by molar-refractivity contribution is 6.33. The summed E-state index contributed by atoms with van der Waals surface area (Å²) >= 11 is 6.01. The van der Waals surface area contributed by atoms with E-state index in [9.17, 15) is 14.0 Å². The van der Waals surface area contributed by atoms with Crippen molar-refractivity contribution in [2.24, 2.45) is 5.92 Å². The molecule has 0 aliphatic carbocycles. The predicted molar refractivity (Wildman–Crippen MR) is 119 cm³/mol. The molecular weight excluding hydrogens is 439 g/mol. The third kappa shape index (κ3) is 9.32. The molecule has 2 unspecified atom stereocenters. The van der Waals surface area contributed by atoms with Gasteiger partial charge in [0.1, 0.15) is 5.82 Å². The Hall–Kier alpha value is -2.52. The number of carbonyl (C=O) groups excluding carboxylic acids is 2. The number of carbonyl (C=O) groups is 2. The lowest BCUT2D eigenvalue weighted by atomic mass is 10.1. The summed E-state index contributed by atoms with van der Waals surface area (Å²) in [6.07, 6.45) is 0.596. The summed E-state index contributed by atoms with van der Waals surface area (Å²) < 4.78 is 18.9. The Balaban J connectivity index is 0.000000654. The topological polar surface area (TPSA) is 108 Å². The minimum Gasteiger partial charge on any atom is -0.376 e. The van der Waals surface area contributed by atoms with Crippen molar-refractivity contribution in [3.8, 4) is 0 Å². The highest BCUT2D eigenvalue weighted by atomic mass is 35.5. The van der Waals surface area contributed by atoms with Gasteiger partial charge in [0, 0.05) is 24.6 Å². The van der Waals surface area contributed by atoms with Crippen molar-refractivity contribution in [3.63, 3.8) is 0 Å². The van der Waals surface area contributed by atoms with Crippen LogP contribution in [0.5, 0.6) is 0 Å². The molecular formula is C23H28ClFN2O5. The van der Waals surface area contributed by atoms with Crippen LogP contribution in [0.25, 0.3) is 0 Å². The first-order valence-electron chi connectivity index (χ1n) is 10.2. The Bertz CT molecular complexity index is 913. The lowest BCUT2D eigenvalue weighted by molar-refractivity contribution is -0.127. The molecule has 1 aliphatic rings. The van der Waals surface area contributed by atoms with Crippen LogP contribution in [0.15, 0.2) is 48.5 Å². The van der Waals surface area contributed by atoms with E-state index < -0.39 is 11.6 Å². The van der Waals surface area contributed by atoms with Gasteiger partial charge in [-0.15, -0.1) is 0 Å². The van der Waals surface area contributed by atoms with E-state index in [1.807, 2.05) is 0 Å². The zero-order valence-electron chi connectivity index (χ0n) is 18.0. The van der Waals surface area contributed by atoms with Gasteiger partial charge in [-0.2, -0.15) is 0 Å². The zero-order chi connectivity index (χ0) is 23.7. The minimum atomic E-state index is -1.50. The fraction of sp³-hybridized carbons (Fsp3) is 0.391. The Labute approximate surface area is 191 Å². The van der Waals surface area contributed by atoms with Gasteiger partial charge >= 0.3 is 0 Å². The molecule has 9 heteroatoms. The second-order valence-electron chi connectivity index (χ2n) is 7.96. The predicted octanol–water partition coefficient (Wildman–Crippen LogP) is 2.75. The highest BCUT2D eigenvalue weighted by Crippen LogP contribution is 2.19. The minimum absolute atomic E-state index is 0.118. The summed E-state index contributed by atoms with van der Waals surface area (Å²) in [4.78, 5) is 24.2. The van der Waals surface area contributed by atoms with Crippen LogP contribution >= 0.6 is 11.6 Å². The molecule has 2 amide bonds. The summed E-state index contributed by atoms with van der Waals surface area (Å²) in [5, 5.41) is 22.2. The molecule has 32 heavy (non-hydrogen) atoms. The third-order valence-electron chi connectivity index (χ3n) is 4.41. The number of hydrogen-bond donors (Lipinski definition) is 4. The SMILES string of the molecule is CC(C)(O)O.O=C(NCC1COC(CNC(=O)c2ccccc2Cl)C1)c1cccc(F)c1. The monoisotopic (exact) mass is 466 g/mol. The first kappa shape index (κ1) is 25.7. The van der Waals surface area contributed by atoms with Crippen molar-refractivity contribution in [1.29, 1.82) is 0 Å². The standard InChI is InChI=1S/C20H20ClFN2O3.C3H8O2/c21-18-7-2-1-6-17(18)20(26)24-11-16-8-13(12-27-16)10-23-19(25)14-4-3-5-15(22)9-14;1-3(2,4)5/h1-7,9,13,16H,8,10-12H2,(H,23,25)(H,24,26);4-5H,1-2H3. The summed E-state index contributed by atoms with van der Waals surface area (Å²) in [7, 11) is 0. The maximum atomic E-state index is 13.2. The van der Waals surface area contributed by atoms with Crippen molar-refractivity contribution >= 4 is 23.4 Å². The third-order valence-corrected chi connectivity index (χ3v) is 4.74. The van der Waals surface area contributed by atoms with Gasteiger partial charge in [-0.25, -0.2) is 4.39 Å². The fourth-order valence-electron chi connectivity index (χ4n) is 2.98. The number of aliphatic hydroxyl groups is 2. The van der Waals surface area contributed by atoms with E-state index in [2.05, 4.69) is 10.6 Å². The number of rotatable bonds is 6. The Kier molecular flexibility index (Phi) is 9.59. The lowest BCUT2D eigenvalue weighted by Gasteiger charge is -2.12. The maximum absolute atomic E-state index is 13.2. The molecule has 2 atom stereocenters. The van der Waals surface area contributed by atoms with Gasteiger partial charge in [0.2, 0.25) is 0 Å². The van der Waals surface area contributed by atoms with Gasteiger partial charge < -0.3 is 25.6 Å². The normalized spacial score (nSPS) is 17.8. The van der Waals surface area contributed by atoms with Crippen LogP contribution in [-0.4, -0.2) is 53.6 Å². The smallest absolute Gasteiger partial charge is 0.252 e. The van der Waals surface area contributed by atoms with Crippen LogP contribution in [0.2, 0.25) is 5.02 Å². The maximum Gasteiger partial charge on any atom is 0.252 e. The van der Waals surface area contributed by atoms with Crippen molar-refractivity contribution in [3.05, 3.63) is 70.5 Å². The van der Waals surface area contributed by atoms with Gasteiger partial charge in [0.05, 0.1) is 23.3 Å². The van der Waals surface area contributed by atoms with E-state index in [1.54, 1.807) is 30.3 Å². The van der Waals surface area contributed by atoms with Crippen LogP contribution in [0.1, 0.15) is 41.0 Å². The van der Waals surface area contributed by atoms with Crippen LogP contribution in [-0.2, 0) is 4.74 Å².